The van der Waals surface area contributed by atoms with Gasteiger partial charge in [-0.25, -0.2) is 4.98 Å². The van der Waals surface area contributed by atoms with Crippen LogP contribution in [0.15, 0.2) is 60.0 Å². The van der Waals surface area contributed by atoms with E-state index < -0.39 is 11.9 Å². The smallest absolute Gasteiger partial charge is 0.240 e. The molecule has 1 aromatic heterocycles. The fourth-order valence-corrected chi connectivity index (χ4v) is 5.21. The zero-order chi connectivity index (χ0) is 27.8. The Balaban J connectivity index is 1.25. The minimum absolute atomic E-state index is 0.0353. The lowest BCUT2D eigenvalue weighted by atomic mass is 10.0. The predicted molar refractivity (Wildman–Crippen MR) is 154 cm³/mol. The molecule has 206 valence electrons. The van der Waals surface area contributed by atoms with Crippen molar-refractivity contribution in [3.8, 4) is 0 Å². The molecular formula is C29H36N6O3S. The Morgan fingerprint density at radius 1 is 0.974 bits per heavy atom. The Morgan fingerprint density at radius 2 is 1.67 bits per heavy atom. The second kappa shape index (κ2) is 13.3. The van der Waals surface area contributed by atoms with Crippen LogP contribution >= 0.6 is 11.3 Å². The van der Waals surface area contributed by atoms with Crippen molar-refractivity contribution in [3.05, 3.63) is 76.8 Å². The average Bonchev–Trinajstić information content (AvgIpc) is 3.36. The molecule has 3 amide bonds. The number of amides is 3. The lowest BCUT2D eigenvalue weighted by Crippen LogP contribution is -2.49. The van der Waals surface area contributed by atoms with E-state index in [9.17, 15) is 14.4 Å². The number of carbonyl (C=O) groups excluding carboxylic acids is 3. The van der Waals surface area contributed by atoms with Gasteiger partial charge in [0.1, 0.15) is 6.04 Å². The van der Waals surface area contributed by atoms with Gasteiger partial charge in [-0.3, -0.25) is 19.3 Å². The van der Waals surface area contributed by atoms with E-state index in [0.717, 1.165) is 60.4 Å². The zero-order valence-electron chi connectivity index (χ0n) is 22.4. The third kappa shape index (κ3) is 8.36. The third-order valence-corrected chi connectivity index (χ3v) is 7.45. The first-order valence-electron chi connectivity index (χ1n) is 13.2. The first kappa shape index (κ1) is 28.3. The number of hydrogen-bond donors (Lipinski definition) is 3. The largest absolute Gasteiger partial charge is 0.368 e. The minimum atomic E-state index is -0.785. The van der Waals surface area contributed by atoms with Crippen LogP contribution in [-0.4, -0.2) is 64.7 Å². The van der Waals surface area contributed by atoms with Gasteiger partial charge < -0.3 is 21.3 Å². The minimum Gasteiger partial charge on any atom is -0.368 e. The predicted octanol–water partition coefficient (Wildman–Crippen LogP) is 2.94. The van der Waals surface area contributed by atoms with Crippen molar-refractivity contribution in [2.45, 2.75) is 39.3 Å². The number of nitrogens with zero attached hydrogens (tertiary/aromatic N) is 3. The summed E-state index contributed by atoms with van der Waals surface area (Å²) in [4.78, 5) is 45.6. The Hall–Kier alpha value is -3.76. The number of nitrogens with one attached hydrogen (secondary N) is 2. The van der Waals surface area contributed by atoms with Gasteiger partial charge in [0.2, 0.25) is 17.7 Å². The van der Waals surface area contributed by atoms with Gasteiger partial charge in [0.15, 0.2) is 5.13 Å². The molecule has 2 heterocycles. The van der Waals surface area contributed by atoms with Gasteiger partial charge in [0, 0.05) is 56.1 Å². The van der Waals surface area contributed by atoms with Crippen molar-refractivity contribution in [2.75, 3.05) is 31.5 Å². The number of primary amides is 1. The molecule has 1 atom stereocenters. The van der Waals surface area contributed by atoms with Crippen LogP contribution in [0.3, 0.4) is 0 Å². The average molecular weight is 549 g/mol. The van der Waals surface area contributed by atoms with Crippen molar-refractivity contribution >= 4 is 39.9 Å². The maximum absolute atomic E-state index is 12.4. The Morgan fingerprint density at radius 3 is 2.31 bits per heavy atom. The molecule has 0 saturated carbocycles. The molecule has 3 aromatic rings. The van der Waals surface area contributed by atoms with Crippen LogP contribution in [0.1, 0.15) is 30.7 Å². The fraction of sp³-hybridized carbons (Fsp3) is 0.379. The molecular weight excluding hydrogens is 512 g/mol. The highest BCUT2D eigenvalue weighted by Gasteiger charge is 2.23. The molecule has 0 radical (unpaired) electrons. The standard InChI is InChI=1S/C29H36N6O3S/c1-20(2)28(38)35-14-12-34(13-15-35)18-24-19-39-29(32-24)31-23-10-8-22(9-11-23)16-25(27(30)37)33-26(36)17-21-6-4-3-5-7-21/h3-11,19-20,25H,12-18H2,1-2H3,(H2,30,37)(H,31,32)(H,33,36)/t25-/m1/s1. The SMILES string of the molecule is CC(C)C(=O)N1CCN(Cc2csc(Nc3ccc(C[C@@H](NC(=O)Cc4ccccc4)C(N)=O)cc3)n2)CC1. The molecule has 0 spiro atoms. The summed E-state index contributed by atoms with van der Waals surface area (Å²) in [6.07, 6.45) is 0.505. The van der Waals surface area contributed by atoms with Gasteiger partial charge in [-0.1, -0.05) is 56.3 Å². The van der Waals surface area contributed by atoms with E-state index in [1.807, 2.05) is 73.3 Å². The summed E-state index contributed by atoms with van der Waals surface area (Å²) in [5.41, 5.74) is 9.21. The summed E-state index contributed by atoms with van der Waals surface area (Å²) in [6, 6.07) is 16.3. The summed E-state index contributed by atoms with van der Waals surface area (Å²) >= 11 is 1.55. The van der Waals surface area contributed by atoms with Crippen molar-refractivity contribution < 1.29 is 14.4 Å². The van der Waals surface area contributed by atoms with Crippen LogP contribution in [0, 0.1) is 5.92 Å². The number of carbonyl (C=O) groups is 3. The molecule has 10 heteroatoms. The van der Waals surface area contributed by atoms with Gasteiger partial charge in [-0.15, -0.1) is 11.3 Å². The molecule has 1 saturated heterocycles. The second-order valence-corrected chi connectivity index (χ2v) is 11.0. The molecule has 0 aliphatic carbocycles. The van der Waals surface area contributed by atoms with E-state index in [-0.39, 0.29) is 24.2 Å². The van der Waals surface area contributed by atoms with Crippen LogP contribution in [0.5, 0.6) is 0 Å². The number of aromatic nitrogens is 1. The molecule has 0 bridgehead atoms. The van der Waals surface area contributed by atoms with Crippen LogP contribution in [0.4, 0.5) is 10.8 Å². The van der Waals surface area contributed by atoms with Gasteiger partial charge >= 0.3 is 0 Å². The van der Waals surface area contributed by atoms with Crippen molar-refractivity contribution in [2.24, 2.45) is 11.7 Å². The van der Waals surface area contributed by atoms with Crippen LogP contribution in [0.2, 0.25) is 0 Å². The van der Waals surface area contributed by atoms with Gasteiger partial charge in [0.25, 0.3) is 0 Å². The first-order chi connectivity index (χ1) is 18.8. The van der Waals surface area contributed by atoms with E-state index >= 15 is 0 Å². The van der Waals surface area contributed by atoms with Crippen molar-refractivity contribution in [1.29, 1.82) is 0 Å². The summed E-state index contributed by atoms with van der Waals surface area (Å²) in [5.74, 6) is -0.553. The van der Waals surface area contributed by atoms with E-state index in [4.69, 9.17) is 10.7 Å². The van der Waals surface area contributed by atoms with Crippen molar-refractivity contribution in [3.63, 3.8) is 0 Å². The number of hydrogen-bond acceptors (Lipinski definition) is 7. The highest BCUT2D eigenvalue weighted by Crippen LogP contribution is 2.23. The van der Waals surface area contributed by atoms with Crippen molar-refractivity contribution in [1.82, 2.24) is 20.1 Å². The molecule has 1 aliphatic heterocycles. The molecule has 39 heavy (non-hydrogen) atoms. The van der Waals surface area contributed by atoms with Gasteiger partial charge in [0.05, 0.1) is 12.1 Å². The number of rotatable bonds is 11. The summed E-state index contributed by atoms with van der Waals surface area (Å²) in [6.45, 7) is 7.84. The molecule has 2 aromatic carbocycles. The molecule has 1 aliphatic rings. The quantitative estimate of drug-likeness (QED) is 0.339. The van der Waals surface area contributed by atoms with Gasteiger partial charge in [-0.2, -0.15) is 0 Å². The lowest BCUT2D eigenvalue weighted by Gasteiger charge is -2.35. The second-order valence-electron chi connectivity index (χ2n) is 10.1. The lowest BCUT2D eigenvalue weighted by molar-refractivity contribution is -0.136. The Bertz CT molecular complexity index is 1250. The molecule has 1 fully saturated rings. The number of thiazole rings is 1. The summed E-state index contributed by atoms with van der Waals surface area (Å²) < 4.78 is 0. The summed E-state index contributed by atoms with van der Waals surface area (Å²) in [7, 11) is 0. The molecule has 9 nitrogen and oxygen atoms in total. The van der Waals surface area contributed by atoms with Crippen LogP contribution in [0.25, 0.3) is 0 Å². The zero-order valence-corrected chi connectivity index (χ0v) is 23.2. The van der Waals surface area contributed by atoms with Gasteiger partial charge in [-0.05, 0) is 23.3 Å². The normalized spacial score (nSPS) is 14.7. The van der Waals surface area contributed by atoms with E-state index in [2.05, 4.69) is 20.9 Å². The number of nitrogens with two attached hydrogens (primary N) is 1. The first-order valence-corrected chi connectivity index (χ1v) is 14.1. The maximum atomic E-state index is 12.4. The van der Waals surface area contributed by atoms with Crippen LogP contribution in [-0.2, 0) is 33.8 Å². The number of piperazine rings is 1. The van der Waals surface area contributed by atoms with E-state index in [1.54, 1.807) is 11.3 Å². The monoisotopic (exact) mass is 548 g/mol. The molecule has 0 unspecified atom stereocenters. The Labute approximate surface area is 233 Å². The maximum Gasteiger partial charge on any atom is 0.240 e. The highest BCUT2D eigenvalue weighted by molar-refractivity contribution is 7.13. The topological polar surface area (TPSA) is 121 Å². The fourth-order valence-electron chi connectivity index (χ4n) is 4.49. The number of anilines is 2. The summed E-state index contributed by atoms with van der Waals surface area (Å²) in [5, 5.41) is 8.94. The highest BCUT2D eigenvalue weighted by atomic mass is 32.1. The Kier molecular flexibility index (Phi) is 9.67. The van der Waals surface area contributed by atoms with E-state index in [0.29, 0.717) is 6.42 Å². The third-order valence-electron chi connectivity index (χ3n) is 6.65. The molecule has 4 rings (SSSR count). The molecule has 4 N–H and O–H groups in total. The van der Waals surface area contributed by atoms with E-state index in [1.165, 1.54) is 0 Å². The van der Waals surface area contributed by atoms with Crippen LogP contribution < -0.4 is 16.4 Å². The number of benzene rings is 2.